The van der Waals surface area contributed by atoms with E-state index in [1.807, 2.05) is 6.07 Å². The number of benzene rings is 1. The summed E-state index contributed by atoms with van der Waals surface area (Å²) >= 11 is 0. The molecule has 0 heterocycles. The number of methoxy groups -OCH3 is 1. The van der Waals surface area contributed by atoms with Crippen LogP contribution in [-0.4, -0.2) is 31.6 Å². The zero-order chi connectivity index (χ0) is 18.5. The molecule has 1 atom stereocenters. The van der Waals surface area contributed by atoms with Gasteiger partial charge in [-0.3, -0.25) is 9.59 Å². The Balaban J connectivity index is 0.00000261. The minimum Gasteiger partial charge on any atom is -0.469 e. The molecule has 1 aromatic rings. The van der Waals surface area contributed by atoms with E-state index < -0.39 is 0 Å². The predicted molar refractivity (Wildman–Crippen MR) is 108 cm³/mol. The monoisotopic (exact) mass is 394 g/mol. The number of hydrogen-bond acceptors (Lipinski definition) is 4. The maximum absolute atomic E-state index is 12.6. The molecular formula is C21H31ClN2O3. The highest BCUT2D eigenvalue weighted by molar-refractivity contribution is 5.94. The van der Waals surface area contributed by atoms with Gasteiger partial charge in [0.05, 0.1) is 7.11 Å². The lowest BCUT2D eigenvalue weighted by atomic mass is 9.83. The van der Waals surface area contributed by atoms with E-state index in [0.29, 0.717) is 18.3 Å². The summed E-state index contributed by atoms with van der Waals surface area (Å²) in [6, 6.07) is 6.30. The van der Waals surface area contributed by atoms with Crippen LogP contribution in [0.5, 0.6) is 0 Å². The Bertz CT molecular complexity index is 657. The normalized spacial score (nSPS) is 24.3. The number of carbonyl (C=O) groups is 2. The molecular weight excluding hydrogens is 364 g/mol. The molecule has 1 fully saturated rings. The van der Waals surface area contributed by atoms with Crippen molar-refractivity contribution in [1.82, 2.24) is 5.32 Å². The van der Waals surface area contributed by atoms with Gasteiger partial charge in [-0.15, -0.1) is 12.4 Å². The summed E-state index contributed by atoms with van der Waals surface area (Å²) in [4.78, 5) is 24.0. The van der Waals surface area contributed by atoms with E-state index in [1.54, 1.807) is 0 Å². The minimum atomic E-state index is -0.136. The molecule has 5 nitrogen and oxygen atoms in total. The fourth-order valence-electron chi connectivity index (χ4n) is 4.27. The summed E-state index contributed by atoms with van der Waals surface area (Å²) in [7, 11) is 1.43. The van der Waals surface area contributed by atoms with E-state index in [4.69, 9.17) is 10.5 Å². The number of amides is 1. The first-order valence-corrected chi connectivity index (χ1v) is 9.78. The van der Waals surface area contributed by atoms with Crippen molar-refractivity contribution in [2.45, 2.75) is 57.4 Å². The number of fused-ring (bicyclic) bond motifs is 1. The molecule has 1 amide bonds. The molecule has 0 radical (unpaired) electrons. The van der Waals surface area contributed by atoms with Crippen molar-refractivity contribution in [3.8, 4) is 0 Å². The average Bonchev–Trinajstić information content (AvgIpc) is 2.68. The van der Waals surface area contributed by atoms with Crippen LogP contribution in [0.3, 0.4) is 0 Å². The smallest absolute Gasteiger partial charge is 0.305 e. The number of hydrogen-bond donors (Lipinski definition) is 2. The van der Waals surface area contributed by atoms with Gasteiger partial charge in [0, 0.05) is 18.0 Å². The molecule has 2 aliphatic carbocycles. The molecule has 1 saturated carbocycles. The Kier molecular flexibility index (Phi) is 8.11. The lowest BCUT2D eigenvalue weighted by Gasteiger charge is -2.29. The van der Waals surface area contributed by atoms with Crippen LogP contribution >= 0.6 is 12.4 Å². The molecule has 27 heavy (non-hydrogen) atoms. The number of halogens is 1. The summed E-state index contributed by atoms with van der Waals surface area (Å²) in [6.07, 6.45) is 7.42. The standard InChI is InChI=1S/C21H30N2O3.ClH/c1-26-20(24)11-14-3-8-19(9-4-14)23-21(25)18-7-6-16-10-15(13-22)2-5-17(16)12-18;/h6-7,12,14-15,19H,2-5,8-11,13,22H2,1H3,(H,23,25);1H. The average molecular weight is 395 g/mol. The second-order valence-electron chi connectivity index (χ2n) is 7.80. The zero-order valence-electron chi connectivity index (χ0n) is 16.0. The molecule has 0 spiro atoms. The highest BCUT2D eigenvalue weighted by atomic mass is 35.5. The van der Waals surface area contributed by atoms with Crippen LogP contribution in [0, 0.1) is 11.8 Å². The number of carbonyl (C=O) groups excluding carboxylic acids is 2. The van der Waals surface area contributed by atoms with E-state index in [2.05, 4.69) is 17.4 Å². The summed E-state index contributed by atoms with van der Waals surface area (Å²) in [5.41, 5.74) is 9.19. The summed E-state index contributed by atoms with van der Waals surface area (Å²) in [5, 5.41) is 3.17. The van der Waals surface area contributed by atoms with Crippen molar-refractivity contribution in [2.24, 2.45) is 17.6 Å². The molecule has 0 saturated heterocycles. The highest BCUT2D eigenvalue weighted by Crippen LogP contribution is 2.28. The van der Waals surface area contributed by atoms with Crippen LogP contribution in [0.2, 0.25) is 0 Å². The maximum Gasteiger partial charge on any atom is 0.305 e. The summed E-state index contributed by atoms with van der Waals surface area (Å²) < 4.78 is 4.75. The first-order valence-electron chi connectivity index (χ1n) is 9.78. The summed E-state index contributed by atoms with van der Waals surface area (Å²) in [6.45, 7) is 0.736. The van der Waals surface area contributed by atoms with Crippen molar-refractivity contribution >= 4 is 24.3 Å². The predicted octanol–water partition coefficient (Wildman–Crippen LogP) is 3.02. The van der Waals surface area contributed by atoms with Gasteiger partial charge in [0.15, 0.2) is 0 Å². The number of ether oxygens (including phenoxy) is 1. The Morgan fingerprint density at radius 2 is 1.85 bits per heavy atom. The van der Waals surface area contributed by atoms with E-state index >= 15 is 0 Å². The molecule has 0 aromatic heterocycles. The quantitative estimate of drug-likeness (QED) is 0.752. The van der Waals surface area contributed by atoms with Gasteiger partial charge in [0.1, 0.15) is 0 Å². The van der Waals surface area contributed by atoms with Crippen LogP contribution in [0.25, 0.3) is 0 Å². The van der Waals surface area contributed by atoms with Gasteiger partial charge < -0.3 is 15.8 Å². The molecule has 150 valence electrons. The number of aryl methyl sites for hydroxylation is 1. The third-order valence-corrected chi connectivity index (χ3v) is 6.00. The number of esters is 1. The topological polar surface area (TPSA) is 81.4 Å². The Hall–Kier alpha value is -1.59. The second-order valence-corrected chi connectivity index (χ2v) is 7.80. The van der Waals surface area contributed by atoms with Crippen molar-refractivity contribution in [3.05, 3.63) is 34.9 Å². The Morgan fingerprint density at radius 3 is 2.52 bits per heavy atom. The van der Waals surface area contributed by atoms with Crippen molar-refractivity contribution in [3.63, 3.8) is 0 Å². The number of nitrogens with one attached hydrogen (secondary N) is 1. The van der Waals surface area contributed by atoms with Gasteiger partial charge in [0.25, 0.3) is 5.91 Å². The fourth-order valence-corrected chi connectivity index (χ4v) is 4.27. The largest absolute Gasteiger partial charge is 0.469 e. The van der Waals surface area contributed by atoms with Crippen LogP contribution in [0.1, 0.15) is 60.0 Å². The van der Waals surface area contributed by atoms with Crippen molar-refractivity contribution in [2.75, 3.05) is 13.7 Å². The SMILES string of the molecule is COC(=O)CC1CCC(NC(=O)c2ccc3c(c2)CCC(CN)C3)CC1.Cl. The molecule has 1 unspecified atom stereocenters. The van der Waals surface area contributed by atoms with Gasteiger partial charge in [-0.25, -0.2) is 0 Å². The third kappa shape index (κ3) is 5.69. The third-order valence-electron chi connectivity index (χ3n) is 6.00. The van der Waals surface area contributed by atoms with E-state index in [0.717, 1.165) is 57.1 Å². The van der Waals surface area contributed by atoms with Gasteiger partial charge in [-0.2, -0.15) is 0 Å². The number of nitrogens with two attached hydrogens (primary N) is 1. The van der Waals surface area contributed by atoms with Gasteiger partial charge in [0.2, 0.25) is 0 Å². The van der Waals surface area contributed by atoms with E-state index in [1.165, 1.54) is 18.2 Å². The first kappa shape index (κ1) is 21.7. The molecule has 3 N–H and O–H groups in total. The van der Waals surface area contributed by atoms with E-state index in [9.17, 15) is 9.59 Å². The highest BCUT2D eigenvalue weighted by Gasteiger charge is 2.25. The minimum absolute atomic E-state index is 0. The van der Waals surface area contributed by atoms with Crippen LogP contribution in [0.15, 0.2) is 18.2 Å². The first-order chi connectivity index (χ1) is 12.6. The van der Waals surface area contributed by atoms with Gasteiger partial charge in [-0.1, -0.05) is 6.07 Å². The van der Waals surface area contributed by atoms with Crippen LogP contribution in [-0.2, 0) is 22.4 Å². The molecule has 0 aliphatic heterocycles. The lowest BCUT2D eigenvalue weighted by Crippen LogP contribution is -2.38. The molecule has 3 rings (SSSR count). The van der Waals surface area contributed by atoms with E-state index in [-0.39, 0.29) is 30.3 Å². The summed E-state index contributed by atoms with van der Waals surface area (Å²) in [5.74, 6) is 0.839. The molecule has 2 aliphatic rings. The Labute approximate surface area is 167 Å². The molecule has 0 bridgehead atoms. The zero-order valence-corrected chi connectivity index (χ0v) is 16.9. The van der Waals surface area contributed by atoms with Crippen LogP contribution in [0.4, 0.5) is 0 Å². The fraction of sp³-hybridized carbons (Fsp3) is 0.619. The second kappa shape index (κ2) is 10.1. The lowest BCUT2D eigenvalue weighted by molar-refractivity contribution is -0.142. The maximum atomic E-state index is 12.6. The molecule has 6 heteroatoms. The van der Waals surface area contributed by atoms with Crippen molar-refractivity contribution < 1.29 is 14.3 Å². The van der Waals surface area contributed by atoms with Crippen LogP contribution < -0.4 is 11.1 Å². The van der Waals surface area contributed by atoms with Crippen molar-refractivity contribution in [1.29, 1.82) is 0 Å². The van der Waals surface area contributed by atoms with Gasteiger partial charge in [-0.05, 0) is 86.6 Å². The number of rotatable bonds is 5. The molecule has 1 aromatic carbocycles. The van der Waals surface area contributed by atoms with Gasteiger partial charge >= 0.3 is 5.97 Å². The Morgan fingerprint density at radius 1 is 1.11 bits per heavy atom.